The van der Waals surface area contributed by atoms with E-state index in [-0.39, 0.29) is 0 Å². The molecule has 0 rings (SSSR count). The normalized spacial score (nSPS) is 14.3. The van der Waals surface area contributed by atoms with Gasteiger partial charge in [0.1, 0.15) is 12.2 Å². The van der Waals surface area contributed by atoms with Crippen LogP contribution in [-0.2, 0) is 4.79 Å². The lowest BCUT2D eigenvalue weighted by molar-refractivity contribution is -0.138. The van der Waals surface area contributed by atoms with Crippen molar-refractivity contribution in [2.24, 2.45) is 0 Å². The molecule has 282 valence electrons. The summed E-state index contributed by atoms with van der Waals surface area (Å²) in [6, 6.07) is 0. The van der Waals surface area contributed by atoms with Gasteiger partial charge in [0.2, 0.25) is 0 Å². The topological polar surface area (TPSA) is 110 Å². The fraction of sp³-hybridized carbons (Fsp3) is 0.976. The Balaban J connectivity index is 3.58. The van der Waals surface area contributed by atoms with E-state index in [1.54, 1.807) is 0 Å². The van der Waals surface area contributed by atoms with Crippen molar-refractivity contribution in [3.05, 3.63) is 0 Å². The molecule has 47 heavy (non-hydrogen) atoms. The highest BCUT2D eigenvalue weighted by Crippen LogP contribution is 2.17. The number of nitrogens with one attached hydrogen (secondary N) is 1. The molecule has 0 heterocycles. The number of carbonyl (C=O) groups excluding carboxylic acids is 1. The molecule has 0 bridgehead atoms. The summed E-state index contributed by atoms with van der Waals surface area (Å²) < 4.78 is 0. The van der Waals surface area contributed by atoms with Crippen LogP contribution in [0.3, 0.4) is 0 Å². The van der Waals surface area contributed by atoms with E-state index in [2.05, 4.69) is 19.2 Å². The van der Waals surface area contributed by atoms with E-state index >= 15 is 0 Å². The summed E-state index contributed by atoms with van der Waals surface area (Å²) in [6.45, 7) is 4.53. The molecular weight excluding hydrogens is 586 g/mol. The average Bonchev–Trinajstić information content (AvgIpc) is 3.07. The Bertz CT molecular complexity index is 633. The average molecular weight is 670 g/mol. The maximum Gasteiger partial charge on any atom is 0.250 e. The van der Waals surface area contributed by atoms with Crippen molar-refractivity contribution in [3.8, 4) is 0 Å². The second-order valence-electron chi connectivity index (χ2n) is 14.7. The molecule has 6 nitrogen and oxygen atoms in total. The zero-order valence-corrected chi connectivity index (χ0v) is 31.5. The number of aliphatic hydroxyl groups excluding tert-OH is 4. The van der Waals surface area contributed by atoms with Crippen molar-refractivity contribution < 1.29 is 25.2 Å². The molecular formula is C41H83NO5. The van der Waals surface area contributed by atoms with Crippen LogP contribution in [-0.4, -0.2) is 50.9 Å². The fourth-order valence-electron chi connectivity index (χ4n) is 6.63. The Hall–Kier alpha value is -0.690. The van der Waals surface area contributed by atoms with Crippen LogP contribution in [0.5, 0.6) is 0 Å². The molecule has 0 saturated heterocycles. The first-order valence-corrected chi connectivity index (χ1v) is 21.0. The third kappa shape index (κ3) is 32.3. The largest absolute Gasteiger partial charge is 0.390 e. The van der Waals surface area contributed by atoms with Gasteiger partial charge in [-0.2, -0.15) is 0 Å². The van der Waals surface area contributed by atoms with Gasteiger partial charge in [-0.3, -0.25) is 4.79 Å². The Morgan fingerprint density at radius 3 is 0.957 bits per heavy atom. The molecule has 0 aliphatic heterocycles. The third-order valence-electron chi connectivity index (χ3n) is 10.00. The van der Waals surface area contributed by atoms with Crippen LogP contribution in [0.1, 0.15) is 232 Å². The van der Waals surface area contributed by atoms with Gasteiger partial charge in [-0.25, -0.2) is 0 Å². The summed E-state index contributed by atoms with van der Waals surface area (Å²) >= 11 is 0. The van der Waals surface area contributed by atoms with Gasteiger partial charge < -0.3 is 25.7 Å². The third-order valence-corrected chi connectivity index (χ3v) is 10.00. The molecule has 0 aliphatic rings. The second kappa shape index (κ2) is 36.6. The molecule has 0 aliphatic carbocycles. The molecule has 5 N–H and O–H groups in total. The number of amides is 1. The van der Waals surface area contributed by atoms with E-state index in [0.717, 1.165) is 38.5 Å². The zero-order valence-electron chi connectivity index (χ0n) is 31.5. The predicted molar refractivity (Wildman–Crippen MR) is 200 cm³/mol. The van der Waals surface area contributed by atoms with Gasteiger partial charge in [-0.05, 0) is 12.8 Å². The van der Waals surface area contributed by atoms with E-state index in [1.165, 1.54) is 167 Å². The van der Waals surface area contributed by atoms with Gasteiger partial charge in [-0.15, -0.1) is 0 Å². The molecule has 1 amide bonds. The molecule has 4 atom stereocenters. The smallest absolute Gasteiger partial charge is 0.250 e. The van der Waals surface area contributed by atoms with Crippen LogP contribution in [0.15, 0.2) is 0 Å². The lowest BCUT2D eigenvalue weighted by atomic mass is 10.0. The van der Waals surface area contributed by atoms with Crippen LogP contribution in [0, 0.1) is 0 Å². The van der Waals surface area contributed by atoms with Gasteiger partial charge in [0.05, 0.1) is 6.10 Å². The highest BCUT2D eigenvalue weighted by molar-refractivity contribution is 5.80. The quantitative estimate of drug-likeness (QED) is 0.0332. The molecule has 0 spiro atoms. The summed E-state index contributed by atoms with van der Waals surface area (Å²) in [5, 5.41) is 43.2. The minimum absolute atomic E-state index is 0.342. The van der Waals surface area contributed by atoms with E-state index in [9.17, 15) is 25.2 Å². The predicted octanol–water partition coefficient (Wildman–Crippen LogP) is 10.8. The van der Waals surface area contributed by atoms with Crippen molar-refractivity contribution in [1.29, 1.82) is 0 Å². The Kier molecular flexibility index (Phi) is 36.0. The summed E-state index contributed by atoms with van der Waals surface area (Å²) in [7, 11) is 0. The Labute approximate surface area is 292 Å². The highest BCUT2D eigenvalue weighted by atomic mass is 16.4. The molecule has 0 radical (unpaired) electrons. The number of hydrogen-bond donors (Lipinski definition) is 5. The van der Waals surface area contributed by atoms with Gasteiger partial charge in [0.15, 0.2) is 6.23 Å². The zero-order chi connectivity index (χ0) is 34.6. The van der Waals surface area contributed by atoms with Crippen LogP contribution < -0.4 is 5.32 Å². The second-order valence-corrected chi connectivity index (χ2v) is 14.7. The number of hydrogen-bond acceptors (Lipinski definition) is 5. The summed E-state index contributed by atoms with van der Waals surface area (Å²) in [5.74, 6) is -0.688. The van der Waals surface area contributed by atoms with Gasteiger partial charge >= 0.3 is 0 Å². The van der Waals surface area contributed by atoms with E-state index in [1.807, 2.05) is 0 Å². The first-order valence-electron chi connectivity index (χ1n) is 21.0. The Morgan fingerprint density at radius 2 is 0.660 bits per heavy atom. The minimum atomic E-state index is -1.58. The number of aliphatic hydroxyl groups is 4. The molecule has 0 aromatic carbocycles. The molecule has 6 heteroatoms. The van der Waals surface area contributed by atoms with Crippen LogP contribution in [0.4, 0.5) is 0 Å². The van der Waals surface area contributed by atoms with Crippen LogP contribution in [0.2, 0.25) is 0 Å². The number of unbranched alkanes of at least 4 members (excludes halogenated alkanes) is 30. The lowest BCUT2D eigenvalue weighted by Crippen LogP contribution is -2.51. The summed E-state index contributed by atoms with van der Waals surface area (Å²) in [4.78, 5) is 12.3. The van der Waals surface area contributed by atoms with Crippen molar-refractivity contribution >= 4 is 5.91 Å². The Morgan fingerprint density at radius 1 is 0.404 bits per heavy atom. The van der Waals surface area contributed by atoms with Gasteiger partial charge in [0, 0.05) is 0 Å². The minimum Gasteiger partial charge on any atom is -0.390 e. The van der Waals surface area contributed by atoms with Crippen molar-refractivity contribution in [1.82, 2.24) is 5.32 Å². The van der Waals surface area contributed by atoms with E-state index in [0.29, 0.717) is 12.8 Å². The molecule has 4 unspecified atom stereocenters. The molecule has 0 aromatic rings. The first kappa shape index (κ1) is 46.3. The number of carbonyl (C=O) groups is 1. The van der Waals surface area contributed by atoms with Crippen LogP contribution in [0.25, 0.3) is 0 Å². The maximum absolute atomic E-state index is 12.3. The standard InChI is InChI=1S/C41H83NO5/c1-3-5-7-9-11-13-15-17-18-19-20-21-22-23-24-26-28-30-32-34-36-38(44)40(46)42-41(47)39(45)37(43)35-33-31-29-27-25-16-14-12-10-8-6-4-2/h37-39,41,43-45,47H,3-36H2,1-2H3,(H,42,46). The van der Waals surface area contributed by atoms with Crippen LogP contribution >= 0.6 is 0 Å². The van der Waals surface area contributed by atoms with Crippen molar-refractivity contribution in [3.63, 3.8) is 0 Å². The highest BCUT2D eigenvalue weighted by Gasteiger charge is 2.27. The van der Waals surface area contributed by atoms with Crippen molar-refractivity contribution in [2.75, 3.05) is 0 Å². The molecule has 0 fully saturated rings. The van der Waals surface area contributed by atoms with Gasteiger partial charge in [0.25, 0.3) is 5.91 Å². The first-order chi connectivity index (χ1) is 22.9. The molecule has 0 aromatic heterocycles. The maximum atomic E-state index is 12.3. The SMILES string of the molecule is CCCCCCCCCCCCCCCCCCCCCCC(O)C(=O)NC(O)C(O)C(O)CCCCCCCCCCCCCC. The van der Waals surface area contributed by atoms with Crippen molar-refractivity contribution in [2.45, 2.75) is 257 Å². The summed E-state index contributed by atoms with van der Waals surface area (Å²) in [5.41, 5.74) is 0. The fourth-order valence-corrected chi connectivity index (χ4v) is 6.63. The van der Waals surface area contributed by atoms with E-state index < -0.39 is 30.4 Å². The number of rotatable bonds is 38. The van der Waals surface area contributed by atoms with Gasteiger partial charge in [-0.1, -0.05) is 219 Å². The monoisotopic (exact) mass is 670 g/mol. The van der Waals surface area contributed by atoms with E-state index in [4.69, 9.17) is 0 Å². The molecule has 0 saturated carbocycles. The lowest BCUT2D eigenvalue weighted by Gasteiger charge is -2.24. The summed E-state index contributed by atoms with van der Waals surface area (Å²) in [6.07, 6.45) is 36.2.